The molecule has 0 amide bonds. The Kier molecular flexibility index (Phi) is 7.48. The van der Waals surface area contributed by atoms with Crippen molar-refractivity contribution in [2.45, 2.75) is 46.0 Å². The second-order valence-electron chi connectivity index (χ2n) is 4.18. The summed E-state index contributed by atoms with van der Waals surface area (Å²) in [6.45, 7) is 4.68. The smallest absolute Gasteiger partial charge is 0.306 e. The molecule has 14 heavy (non-hydrogen) atoms. The highest BCUT2D eigenvalue weighted by molar-refractivity contribution is 5.70. The molecule has 0 aliphatic carbocycles. The highest BCUT2D eigenvalue weighted by atomic mass is 16.4. The average Bonchev–Trinajstić information content (AvgIpc) is 2.09. The first-order chi connectivity index (χ1) is 6.59. The second kappa shape index (κ2) is 7.80. The zero-order chi connectivity index (χ0) is 11.0. The third-order valence-electron chi connectivity index (χ3n) is 2.59. The predicted octanol–water partition coefficient (Wildman–Crippen LogP) is 2.25. The summed E-state index contributed by atoms with van der Waals surface area (Å²) in [4.78, 5) is 10.8. The van der Waals surface area contributed by atoms with Gasteiger partial charge in [0.05, 0.1) is 5.92 Å². The lowest BCUT2D eigenvalue weighted by Crippen LogP contribution is -2.19. The molecule has 3 heteroatoms. The van der Waals surface area contributed by atoms with E-state index in [-0.39, 0.29) is 11.8 Å². The first-order valence-corrected chi connectivity index (χ1v) is 5.52. The van der Waals surface area contributed by atoms with Gasteiger partial charge in [-0.25, -0.2) is 0 Å². The predicted molar refractivity (Wildman–Crippen MR) is 58.1 cm³/mol. The Labute approximate surface area is 86.7 Å². The lowest BCUT2D eigenvalue weighted by atomic mass is 9.90. The van der Waals surface area contributed by atoms with Gasteiger partial charge in [-0.05, 0) is 25.3 Å². The molecule has 0 aromatic carbocycles. The summed E-state index contributed by atoms with van der Waals surface area (Å²) in [5.41, 5.74) is 5.37. The summed E-state index contributed by atoms with van der Waals surface area (Å²) < 4.78 is 0. The van der Waals surface area contributed by atoms with Crippen molar-refractivity contribution in [1.82, 2.24) is 0 Å². The van der Waals surface area contributed by atoms with Gasteiger partial charge in [0.15, 0.2) is 0 Å². The van der Waals surface area contributed by atoms with E-state index in [0.717, 1.165) is 38.6 Å². The molecule has 0 aliphatic rings. The summed E-state index contributed by atoms with van der Waals surface area (Å²) in [7, 11) is 0. The van der Waals surface area contributed by atoms with Crippen LogP contribution in [0.1, 0.15) is 46.0 Å². The van der Waals surface area contributed by atoms with Crippen LogP contribution in [0.5, 0.6) is 0 Å². The molecule has 0 spiro atoms. The standard InChI is InChI=1S/C11H23NO2/c1-9(2)10(11(13)14)7-5-3-4-6-8-12/h9-10H,3-8,12H2,1-2H3,(H,13,14). The van der Waals surface area contributed by atoms with Gasteiger partial charge in [0.2, 0.25) is 0 Å². The van der Waals surface area contributed by atoms with Crippen molar-refractivity contribution < 1.29 is 9.90 Å². The Morgan fingerprint density at radius 2 is 1.79 bits per heavy atom. The summed E-state index contributed by atoms with van der Waals surface area (Å²) in [5.74, 6) is -0.589. The van der Waals surface area contributed by atoms with E-state index in [2.05, 4.69) is 0 Å². The molecule has 0 fully saturated rings. The summed E-state index contributed by atoms with van der Waals surface area (Å²) >= 11 is 0. The molecule has 0 saturated heterocycles. The van der Waals surface area contributed by atoms with Gasteiger partial charge in [-0.1, -0.05) is 33.1 Å². The minimum Gasteiger partial charge on any atom is -0.481 e. The van der Waals surface area contributed by atoms with E-state index >= 15 is 0 Å². The van der Waals surface area contributed by atoms with E-state index in [1.807, 2.05) is 13.8 Å². The van der Waals surface area contributed by atoms with Gasteiger partial charge in [-0.3, -0.25) is 4.79 Å². The van der Waals surface area contributed by atoms with Gasteiger partial charge in [0.25, 0.3) is 0 Å². The first kappa shape index (κ1) is 13.4. The van der Waals surface area contributed by atoms with Crippen molar-refractivity contribution in [3.05, 3.63) is 0 Å². The van der Waals surface area contributed by atoms with Gasteiger partial charge in [0.1, 0.15) is 0 Å². The summed E-state index contributed by atoms with van der Waals surface area (Å²) in [5, 5.41) is 8.93. The molecule has 3 nitrogen and oxygen atoms in total. The maximum atomic E-state index is 10.8. The molecule has 0 aromatic rings. The molecule has 0 aromatic heterocycles. The van der Waals surface area contributed by atoms with E-state index in [1.54, 1.807) is 0 Å². The molecule has 0 rings (SSSR count). The highest BCUT2D eigenvalue weighted by Gasteiger charge is 2.20. The Balaban J connectivity index is 3.57. The SMILES string of the molecule is CC(C)C(CCCCCCN)C(=O)O. The number of aliphatic carboxylic acids is 1. The molecule has 0 bridgehead atoms. The molecular formula is C11H23NO2. The van der Waals surface area contributed by atoms with Crippen molar-refractivity contribution in [2.75, 3.05) is 6.54 Å². The van der Waals surface area contributed by atoms with Crippen LogP contribution in [0.15, 0.2) is 0 Å². The Morgan fingerprint density at radius 1 is 1.21 bits per heavy atom. The fourth-order valence-corrected chi connectivity index (χ4v) is 1.60. The van der Waals surface area contributed by atoms with Crippen molar-refractivity contribution in [2.24, 2.45) is 17.6 Å². The number of nitrogens with two attached hydrogens (primary N) is 1. The van der Waals surface area contributed by atoms with Crippen molar-refractivity contribution in [1.29, 1.82) is 0 Å². The number of unbranched alkanes of at least 4 members (excludes halogenated alkanes) is 3. The third kappa shape index (κ3) is 5.97. The number of hydrogen-bond donors (Lipinski definition) is 2. The maximum Gasteiger partial charge on any atom is 0.306 e. The van der Waals surface area contributed by atoms with Crippen LogP contribution in [0.2, 0.25) is 0 Å². The van der Waals surface area contributed by atoms with E-state index in [0.29, 0.717) is 0 Å². The van der Waals surface area contributed by atoms with Gasteiger partial charge in [0, 0.05) is 0 Å². The van der Waals surface area contributed by atoms with Crippen LogP contribution >= 0.6 is 0 Å². The van der Waals surface area contributed by atoms with E-state index in [4.69, 9.17) is 10.8 Å². The van der Waals surface area contributed by atoms with Crippen molar-refractivity contribution in [3.63, 3.8) is 0 Å². The molecule has 0 saturated carbocycles. The molecule has 0 heterocycles. The number of hydrogen-bond acceptors (Lipinski definition) is 2. The Bertz CT molecular complexity index is 157. The van der Waals surface area contributed by atoms with Gasteiger partial charge in [-0.2, -0.15) is 0 Å². The van der Waals surface area contributed by atoms with Crippen LogP contribution in [0.25, 0.3) is 0 Å². The zero-order valence-corrected chi connectivity index (χ0v) is 9.33. The Morgan fingerprint density at radius 3 is 2.21 bits per heavy atom. The van der Waals surface area contributed by atoms with E-state index < -0.39 is 5.97 Å². The van der Waals surface area contributed by atoms with Gasteiger partial charge >= 0.3 is 5.97 Å². The van der Waals surface area contributed by atoms with Gasteiger partial charge in [-0.15, -0.1) is 0 Å². The number of carboxylic acids is 1. The van der Waals surface area contributed by atoms with E-state index in [9.17, 15) is 4.79 Å². The fraction of sp³-hybridized carbons (Fsp3) is 0.909. The number of carbonyl (C=O) groups is 1. The largest absolute Gasteiger partial charge is 0.481 e. The van der Waals surface area contributed by atoms with E-state index in [1.165, 1.54) is 0 Å². The number of carboxylic acid groups (broad SMARTS) is 1. The fourth-order valence-electron chi connectivity index (χ4n) is 1.60. The lowest BCUT2D eigenvalue weighted by molar-refractivity contribution is -0.143. The summed E-state index contributed by atoms with van der Waals surface area (Å²) in [6.07, 6.45) is 5.10. The molecule has 0 aliphatic heterocycles. The zero-order valence-electron chi connectivity index (χ0n) is 9.33. The van der Waals surface area contributed by atoms with Crippen molar-refractivity contribution in [3.8, 4) is 0 Å². The highest BCUT2D eigenvalue weighted by Crippen LogP contribution is 2.19. The first-order valence-electron chi connectivity index (χ1n) is 5.52. The van der Waals surface area contributed by atoms with Crippen LogP contribution in [0.3, 0.4) is 0 Å². The molecule has 3 N–H and O–H groups in total. The van der Waals surface area contributed by atoms with Gasteiger partial charge < -0.3 is 10.8 Å². The molecule has 1 unspecified atom stereocenters. The number of rotatable bonds is 8. The summed E-state index contributed by atoms with van der Waals surface area (Å²) in [6, 6.07) is 0. The lowest BCUT2D eigenvalue weighted by Gasteiger charge is -2.15. The van der Waals surface area contributed by atoms with Crippen LogP contribution < -0.4 is 5.73 Å². The normalized spacial score (nSPS) is 13.1. The quantitative estimate of drug-likeness (QED) is 0.592. The van der Waals surface area contributed by atoms with Crippen LogP contribution in [0, 0.1) is 11.8 Å². The average molecular weight is 201 g/mol. The molecule has 84 valence electrons. The second-order valence-corrected chi connectivity index (χ2v) is 4.18. The van der Waals surface area contributed by atoms with Crippen LogP contribution in [-0.2, 0) is 4.79 Å². The van der Waals surface area contributed by atoms with Crippen LogP contribution in [0.4, 0.5) is 0 Å². The Hall–Kier alpha value is -0.570. The topological polar surface area (TPSA) is 63.3 Å². The monoisotopic (exact) mass is 201 g/mol. The minimum absolute atomic E-state index is 0.173. The van der Waals surface area contributed by atoms with Crippen molar-refractivity contribution >= 4 is 5.97 Å². The minimum atomic E-state index is -0.654. The molecule has 1 atom stereocenters. The molecule has 0 radical (unpaired) electrons. The molecular weight excluding hydrogens is 178 g/mol. The third-order valence-corrected chi connectivity index (χ3v) is 2.59. The van der Waals surface area contributed by atoms with Crippen LogP contribution in [-0.4, -0.2) is 17.6 Å². The maximum absolute atomic E-state index is 10.8.